The van der Waals surface area contributed by atoms with Crippen LogP contribution >= 0.6 is 0 Å². The maximum Gasteiger partial charge on any atom is 0.271 e. The first-order valence-corrected chi connectivity index (χ1v) is 9.68. The zero-order chi connectivity index (χ0) is 18.3. The lowest BCUT2D eigenvalue weighted by Gasteiger charge is -2.29. The number of anilines is 1. The molecule has 5 nitrogen and oxygen atoms in total. The van der Waals surface area contributed by atoms with Gasteiger partial charge in [-0.1, -0.05) is 0 Å². The molecule has 0 unspecified atom stereocenters. The van der Waals surface area contributed by atoms with E-state index in [0.29, 0.717) is 11.6 Å². The normalized spacial score (nSPS) is 15.5. The van der Waals surface area contributed by atoms with Gasteiger partial charge in [0, 0.05) is 49.5 Å². The molecule has 1 saturated heterocycles. The SMILES string of the molecule is O=S(=O)(c1ccc(F)cc1F)n1ccc2cc(N3CCNCC3)ccc21. The first kappa shape index (κ1) is 17.0. The quantitative estimate of drug-likeness (QED) is 0.762. The van der Waals surface area contributed by atoms with Crippen LogP contribution in [0.25, 0.3) is 10.9 Å². The van der Waals surface area contributed by atoms with Crippen LogP contribution in [0.3, 0.4) is 0 Å². The van der Waals surface area contributed by atoms with Crippen LogP contribution in [0, 0.1) is 11.6 Å². The van der Waals surface area contributed by atoms with Crippen LogP contribution in [0.2, 0.25) is 0 Å². The number of nitrogens with zero attached hydrogens (tertiary/aromatic N) is 2. The van der Waals surface area contributed by atoms with Crippen LogP contribution in [0.5, 0.6) is 0 Å². The van der Waals surface area contributed by atoms with Crippen molar-refractivity contribution in [1.82, 2.24) is 9.29 Å². The highest BCUT2D eigenvalue weighted by molar-refractivity contribution is 7.90. The van der Waals surface area contributed by atoms with E-state index in [1.165, 1.54) is 6.20 Å². The molecule has 2 heterocycles. The lowest BCUT2D eigenvalue weighted by atomic mass is 10.2. The molecule has 1 fully saturated rings. The van der Waals surface area contributed by atoms with Gasteiger partial charge in [0.15, 0.2) is 0 Å². The molecular formula is C18H17F2N3O2S. The molecule has 8 heteroatoms. The highest BCUT2D eigenvalue weighted by Gasteiger charge is 2.23. The third-order valence-electron chi connectivity index (χ3n) is 4.55. The van der Waals surface area contributed by atoms with Gasteiger partial charge in [0.2, 0.25) is 0 Å². The smallest absolute Gasteiger partial charge is 0.271 e. The van der Waals surface area contributed by atoms with Gasteiger partial charge in [-0.25, -0.2) is 21.2 Å². The molecule has 0 radical (unpaired) electrons. The number of hydrogen-bond donors (Lipinski definition) is 1. The van der Waals surface area contributed by atoms with Crippen molar-refractivity contribution < 1.29 is 17.2 Å². The summed E-state index contributed by atoms with van der Waals surface area (Å²) in [6, 6.07) is 9.63. The number of aromatic nitrogens is 1. The minimum absolute atomic E-state index is 0.451. The van der Waals surface area contributed by atoms with Crippen LogP contribution in [-0.4, -0.2) is 38.6 Å². The molecule has 136 valence electrons. The Morgan fingerprint density at radius 3 is 2.46 bits per heavy atom. The first-order valence-electron chi connectivity index (χ1n) is 8.24. The summed E-state index contributed by atoms with van der Waals surface area (Å²) in [5.41, 5.74) is 1.47. The fraction of sp³-hybridized carbons (Fsp3) is 0.222. The molecule has 1 aromatic heterocycles. The second-order valence-electron chi connectivity index (χ2n) is 6.17. The average Bonchev–Trinajstić information content (AvgIpc) is 3.06. The van der Waals surface area contributed by atoms with Gasteiger partial charge in [0.05, 0.1) is 5.52 Å². The van der Waals surface area contributed by atoms with Crippen LogP contribution < -0.4 is 10.2 Å². The number of benzene rings is 2. The van der Waals surface area contributed by atoms with Gasteiger partial charge < -0.3 is 10.2 Å². The van der Waals surface area contributed by atoms with E-state index in [2.05, 4.69) is 10.2 Å². The highest BCUT2D eigenvalue weighted by atomic mass is 32.2. The van der Waals surface area contributed by atoms with Crippen molar-refractivity contribution in [1.29, 1.82) is 0 Å². The fourth-order valence-corrected chi connectivity index (χ4v) is 4.63. The number of hydrogen-bond acceptors (Lipinski definition) is 4. The highest BCUT2D eigenvalue weighted by Crippen LogP contribution is 2.27. The maximum absolute atomic E-state index is 14.0. The lowest BCUT2D eigenvalue weighted by molar-refractivity contribution is 0.546. The van der Waals surface area contributed by atoms with E-state index in [9.17, 15) is 17.2 Å². The lowest BCUT2D eigenvalue weighted by Crippen LogP contribution is -2.43. The summed E-state index contributed by atoms with van der Waals surface area (Å²) >= 11 is 0. The van der Waals surface area contributed by atoms with Gasteiger partial charge >= 0.3 is 0 Å². The van der Waals surface area contributed by atoms with Crippen LogP contribution in [0.4, 0.5) is 14.5 Å². The molecule has 0 aliphatic carbocycles. The van der Waals surface area contributed by atoms with Gasteiger partial charge in [-0.2, -0.15) is 0 Å². The van der Waals surface area contributed by atoms with Gasteiger partial charge in [0.25, 0.3) is 10.0 Å². The van der Waals surface area contributed by atoms with Crippen molar-refractivity contribution in [2.45, 2.75) is 4.90 Å². The van der Waals surface area contributed by atoms with E-state index in [4.69, 9.17) is 0 Å². The van der Waals surface area contributed by atoms with Crippen molar-refractivity contribution in [2.75, 3.05) is 31.1 Å². The van der Waals surface area contributed by atoms with Crippen molar-refractivity contribution in [3.8, 4) is 0 Å². The largest absolute Gasteiger partial charge is 0.369 e. The Morgan fingerprint density at radius 1 is 0.962 bits per heavy atom. The Kier molecular flexibility index (Phi) is 4.16. The first-order chi connectivity index (χ1) is 12.5. The minimum atomic E-state index is -4.16. The molecule has 0 bridgehead atoms. The summed E-state index contributed by atoms with van der Waals surface area (Å²) in [7, 11) is -4.16. The molecule has 1 N–H and O–H groups in total. The number of piperazine rings is 1. The van der Waals surface area contributed by atoms with Gasteiger partial charge in [-0.05, 0) is 36.4 Å². The molecule has 1 aliphatic rings. The summed E-state index contributed by atoms with van der Waals surface area (Å²) in [5.74, 6) is -1.93. The van der Waals surface area contributed by atoms with Crippen molar-refractivity contribution in [3.05, 3.63) is 60.3 Å². The third kappa shape index (κ3) is 2.85. The monoisotopic (exact) mass is 377 g/mol. The summed E-state index contributed by atoms with van der Waals surface area (Å²) in [4.78, 5) is 1.67. The average molecular weight is 377 g/mol. The van der Waals surface area contributed by atoms with E-state index in [1.54, 1.807) is 12.1 Å². The molecule has 0 atom stereocenters. The topological polar surface area (TPSA) is 54.3 Å². The zero-order valence-corrected chi connectivity index (χ0v) is 14.6. The van der Waals surface area contributed by atoms with E-state index in [0.717, 1.165) is 53.4 Å². The fourth-order valence-electron chi connectivity index (χ4n) is 3.22. The zero-order valence-electron chi connectivity index (χ0n) is 13.8. The van der Waals surface area contributed by atoms with Gasteiger partial charge in [-0.3, -0.25) is 0 Å². The number of fused-ring (bicyclic) bond motifs is 1. The Balaban J connectivity index is 1.77. The van der Waals surface area contributed by atoms with E-state index in [1.807, 2.05) is 12.1 Å². The molecular weight excluding hydrogens is 360 g/mol. The third-order valence-corrected chi connectivity index (χ3v) is 6.27. The maximum atomic E-state index is 14.0. The van der Waals surface area contributed by atoms with Gasteiger partial charge in [0.1, 0.15) is 16.5 Å². The van der Waals surface area contributed by atoms with E-state index < -0.39 is 26.6 Å². The standard InChI is InChI=1S/C18H17F2N3O2S/c19-14-1-4-18(16(20)12-14)26(24,25)23-8-5-13-11-15(2-3-17(13)23)22-9-6-21-7-10-22/h1-5,8,11-12,21H,6-7,9-10H2. The number of rotatable bonds is 3. The summed E-state index contributed by atoms with van der Waals surface area (Å²) in [6.07, 6.45) is 1.39. The second kappa shape index (κ2) is 6.37. The predicted octanol–water partition coefficient (Wildman–Crippen LogP) is 2.57. The predicted molar refractivity (Wildman–Crippen MR) is 96.0 cm³/mol. The Hall–Kier alpha value is -2.45. The van der Waals surface area contributed by atoms with E-state index in [-0.39, 0.29) is 0 Å². The van der Waals surface area contributed by atoms with Crippen LogP contribution in [-0.2, 0) is 10.0 Å². The molecule has 0 saturated carbocycles. The van der Waals surface area contributed by atoms with Crippen molar-refractivity contribution >= 4 is 26.6 Å². The van der Waals surface area contributed by atoms with E-state index >= 15 is 0 Å². The van der Waals surface area contributed by atoms with Crippen molar-refractivity contribution in [3.63, 3.8) is 0 Å². The Morgan fingerprint density at radius 2 is 1.73 bits per heavy atom. The van der Waals surface area contributed by atoms with Crippen LogP contribution in [0.15, 0.2) is 53.6 Å². The second-order valence-corrected chi connectivity index (χ2v) is 7.95. The number of halogens is 2. The summed E-state index contributed by atoms with van der Waals surface area (Å²) in [6.45, 7) is 3.56. The molecule has 0 amide bonds. The summed E-state index contributed by atoms with van der Waals surface area (Å²) < 4.78 is 53.7. The Labute approximate surface area is 149 Å². The van der Waals surface area contributed by atoms with Gasteiger partial charge in [-0.15, -0.1) is 0 Å². The molecule has 26 heavy (non-hydrogen) atoms. The number of nitrogens with one attached hydrogen (secondary N) is 1. The van der Waals surface area contributed by atoms with Crippen molar-refractivity contribution in [2.24, 2.45) is 0 Å². The summed E-state index contributed by atoms with van der Waals surface area (Å²) in [5, 5.41) is 4.03. The van der Waals surface area contributed by atoms with Crippen LogP contribution in [0.1, 0.15) is 0 Å². The molecule has 0 spiro atoms. The molecule has 2 aromatic carbocycles. The minimum Gasteiger partial charge on any atom is -0.369 e. The Bertz CT molecular complexity index is 1070. The molecule has 4 rings (SSSR count). The molecule has 3 aromatic rings. The molecule has 1 aliphatic heterocycles.